The molecule has 106 valence electrons. The maximum atomic E-state index is 6.23. The number of aromatic nitrogens is 1. The van der Waals surface area contributed by atoms with Gasteiger partial charge in [0.1, 0.15) is 0 Å². The third-order valence-electron chi connectivity index (χ3n) is 4.88. The zero-order chi connectivity index (χ0) is 13.2. The minimum atomic E-state index is 0.283. The normalized spacial score (nSPS) is 25.5. The van der Waals surface area contributed by atoms with E-state index in [-0.39, 0.29) is 6.04 Å². The Morgan fingerprint density at radius 1 is 1.26 bits per heavy atom. The highest BCUT2D eigenvalue weighted by molar-refractivity contribution is 5.29. The maximum absolute atomic E-state index is 6.23. The molecule has 1 saturated heterocycles. The first-order valence-corrected chi connectivity index (χ1v) is 7.97. The molecule has 1 aromatic heterocycles. The molecule has 0 amide bonds. The van der Waals surface area contributed by atoms with Crippen LogP contribution >= 0.6 is 0 Å². The quantitative estimate of drug-likeness (QED) is 0.908. The number of hydrogen-bond acceptors (Lipinski definition) is 2. The Morgan fingerprint density at radius 3 is 2.79 bits per heavy atom. The summed E-state index contributed by atoms with van der Waals surface area (Å²) in [6, 6.07) is 3.27. The molecule has 3 heteroatoms. The SMILES string of the molecule is CCCN1CCC(n2ccc3c2CCCC3N)CC1. The standard InChI is InChI=1S/C16H27N3/c1-2-9-18-10-6-13(7-11-18)19-12-8-14-15(17)4-3-5-16(14)19/h8,12-13,15H,2-7,9-11,17H2,1H3. The average Bonchev–Trinajstić information content (AvgIpc) is 2.85. The Balaban J connectivity index is 1.70. The van der Waals surface area contributed by atoms with Crippen LogP contribution in [0.2, 0.25) is 0 Å². The molecule has 0 saturated carbocycles. The van der Waals surface area contributed by atoms with Gasteiger partial charge in [-0.1, -0.05) is 6.92 Å². The van der Waals surface area contributed by atoms with E-state index in [0.717, 1.165) is 6.42 Å². The van der Waals surface area contributed by atoms with Crippen LogP contribution in [0.25, 0.3) is 0 Å². The molecule has 1 aliphatic carbocycles. The fraction of sp³-hybridized carbons (Fsp3) is 0.750. The van der Waals surface area contributed by atoms with E-state index in [0.29, 0.717) is 6.04 Å². The average molecular weight is 261 g/mol. The zero-order valence-electron chi connectivity index (χ0n) is 12.1. The Morgan fingerprint density at radius 2 is 2.05 bits per heavy atom. The van der Waals surface area contributed by atoms with E-state index in [1.54, 1.807) is 0 Å². The van der Waals surface area contributed by atoms with Gasteiger partial charge in [-0.15, -0.1) is 0 Å². The summed E-state index contributed by atoms with van der Waals surface area (Å²) < 4.78 is 2.55. The highest BCUT2D eigenvalue weighted by atomic mass is 15.1. The molecule has 0 radical (unpaired) electrons. The third kappa shape index (κ3) is 2.59. The summed E-state index contributed by atoms with van der Waals surface area (Å²) in [7, 11) is 0. The largest absolute Gasteiger partial charge is 0.348 e. The molecular formula is C16H27N3. The first-order chi connectivity index (χ1) is 9.29. The zero-order valence-corrected chi connectivity index (χ0v) is 12.1. The van der Waals surface area contributed by atoms with Gasteiger partial charge in [0.15, 0.2) is 0 Å². The molecule has 0 aromatic carbocycles. The van der Waals surface area contributed by atoms with Crippen LogP contribution < -0.4 is 5.73 Å². The topological polar surface area (TPSA) is 34.2 Å². The van der Waals surface area contributed by atoms with Crippen LogP contribution in [-0.2, 0) is 6.42 Å². The molecule has 3 rings (SSSR count). The predicted octanol–water partition coefficient (Wildman–Crippen LogP) is 2.87. The van der Waals surface area contributed by atoms with Gasteiger partial charge in [-0.25, -0.2) is 0 Å². The summed E-state index contributed by atoms with van der Waals surface area (Å²) in [5, 5.41) is 0. The van der Waals surface area contributed by atoms with E-state index >= 15 is 0 Å². The minimum Gasteiger partial charge on any atom is -0.348 e. The van der Waals surface area contributed by atoms with Crippen molar-refractivity contribution in [1.29, 1.82) is 0 Å². The van der Waals surface area contributed by atoms with Crippen molar-refractivity contribution in [2.75, 3.05) is 19.6 Å². The van der Waals surface area contributed by atoms with Crippen LogP contribution in [0, 0.1) is 0 Å². The second kappa shape index (κ2) is 5.68. The lowest BCUT2D eigenvalue weighted by atomic mass is 9.93. The van der Waals surface area contributed by atoms with Gasteiger partial charge in [0.05, 0.1) is 0 Å². The number of rotatable bonds is 3. The van der Waals surface area contributed by atoms with Crippen molar-refractivity contribution in [3.05, 3.63) is 23.5 Å². The van der Waals surface area contributed by atoms with Gasteiger partial charge in [0.2, 0.25) is 0 Å². The van der Waals surface area contributed by atoms with Crippen LogP contribution in [0.15, 0.2) is 12.3 Å². The summed E-state index contributed by atoms with van der Waals surface area (Å²) in [6.45, 7) is 6.06. The minimum absolute atomic E-state index is 0.283. The molecule has 2 aliphatic rings. The molecule has 3 nitrogen and oxygen atoms in total. The number of hydrogen-bond donors (Lipinski definition) is 1. The number of nitrogens with zero attached hydrogens (tertiary/aromatic N) is 2. The number of piperidine rings is 1. The van der Waals surface area contributed by atoms with Gasteiger partial charge in [-0.3, -0.25) is 0 Å². The monoisotopic (exact) mass is 261 g/mol. The summed E-state index contributed by atoms with van der Waals surface area (Å²) in [5.41, 5.74) is 9.18. The first-order valence-electron chi connectivity index (χ1n) is 7.97. The van der Waals surface area contributed by atoms with E-state index in [1.165, 1.54) is 63.0 Å². The first kappa shape index (κ1) is 13.2. The highest BCUT2D eigenvalue weighted by Crippen LogP contribution is 2.33. The van der Waals surface area contributed by atoms with Gasteiger partial charge in [-0.2, -0.15) is 0 Å². The lowest BCUT2D eigenvalue weighted by molar-refractivity contribution is 0.185. The summed E-state index contributed by atoms with van der Waals surface area (Å²) in [5.74, 6) is 0. The van der Waals surface area contributed by atoms with E-state index in [2.05, 4.69) is 28.7 Å². The van der Waals surface area contributed by atoms with Crippen LogP contribution in [0.4, 0.5) is 0 Å². The molecular weight excluding hydrogens is 234 g/mol. The second-order valence-corrected chi connectivity index (χ2v) is 6.20. The highest BCUT2D eigenvalue weighted by Gasteiger charge is 2.25. The van der Waals surface area contributed by atoms with Crippen LogP contribution in [0.5, 0.6) is 0 Å². The fourth-order valence-electron chi connectivity index (χ4n) is 3.83. The lowest BCUT2D eigenvalue weighted by Gasteiger charge is -2.34. The van der Waals surface area contributed by atoms with Crippen molar-refractivity contribution in [3.8, 4) is 0 Å². The maximum Gasteiger partial charge on any atom is 0.0357 e. The van der Waals surface area contributed by atoms with Crippen molar-refractivity contribution < 1.29 is 0 Å². The Labute approximate surface area is 116 Å². The summed E-state index contributed by atoms with van der Waals surface area (Å²) in [6.07, 6.45) is 9.82. The van der Waals surface area contributed by atoms with Crippen molar-refractivity contribution in [1.82, 2.24) is 9.47 Å². The molecule has 1 fully saturated rings. The number of fused-ring (bicyclic) bond motifs is 1. The molecule has 2 N–H and O–H groups in total. The van der Waals surface area contributed by atoms with Gasteiger partial charge in [0.25, 0.3) is 0 Å². The Kier molecular flexibility index (Phi) is 3.94. The van der Waals surface area contributed by atoms with Gasteiger partial charge in [0, 0.05) is 37.1 Å². The fourth-order valence-corrected chi connectivity index (χ4v) is 3.83. The van der Waals surface area contributed by atoms with Crippen LogP contribution in [-0.4, -0.2) is 29.1 Å². The second-order valence-electron chi connectivity index (χ2n) is 6.20. The van der Waals surface area contributed by atoms with E-state index in [4.69, 9.17) is 5.73 Å². The molecule has 0 bridgehead atoms. The van der Waals surface area contributed by atoms with E-state index in [9.17, 15) is 0 Å². The Hall–Kier alpha value is -0.800. The number of nitrogens with two attached hydrogens (primary N) is 1. The third-order valence-corrected chi connectivity index (χ3v) is 4.88. The summed E-state index contributed by atoms with van der Waals surface area (Å²) in [4.78, 5) is 2.61. The Bertz CT molecular complexity index is 416. The van der Waals surface area contributed by atoms with Gasteiger partial charge < -0.3 is 15.2 Å². The lowest BCUT2D eigenvalue weighted by Crippen LogP contribution is -2.35. The molecule has 19 heavy (non-hydrogen) atoms. The van der Waals surface area contributed by atoms with Crippen LogP contribution in [0.1, 0.15) is 62.4 Å². The van der Waals surface area contributed by atoms with Crippen LogP contribution in [0.3, 0.4) is 0 Å². The van der Waals surface area contributed by atoms with Gasteiger partial charge in [-0.05, 0) is 56.7 Å². The smallest absolute Gasteiger partial charge is 0.0357 e. The molecule has 1 aromatic rings. The van der Waals surface area contributed by atoms with Crippen molar-refractivity contribution in [2.24, 2.45) is 5.73 Å². The molecule has 1 aliphatic heterocycles. The van der Waals surface area contributed by atoms with E-state index in [1.807, 2.05) is 0 Å². The van der Waals surface area contributed by atoms with Crippen molar-refractivity contribution in [3.63, 3.8) is 0 Å². The van der Waals surface area contributed by atoms with Gasteiger partial charge >= 0.3 is 0 Å². The van der Waals surface area contributed by atoms with Crippen molar-refractivity contribution in [2.45, 2.75) is 57.5 Å². The molecule has 1 atom stereocenters. The molecule has 2 heterocycles. The van der Waals surface area contributed by atoms with E-state index < -0.39 is 0 Å². The number of likely N-dealkylation sites (tertiary alicyclic amines) is 1. The summed E-state index contributed by atoms with van der Waals surface area (Å²) >= 11 is 0. The predicted molar refractivity (Wildman–Crippen MR) is 79.3 cm³/mol. The molecule has 1 unspecified atom stereocenters. The van der Waals surface area contributed by atoms with Crippen molar-refractivity contribution >= 4 is 0 Å². The molecule has 0 spiro atoms.